The van der Waals surface area contributed by atoms with Gasteiger partial charge in [0, 0.05) is 11.7 Å². The number of anilines is 2. The van der Waals surface area contributed by atoms with Crippen molar-refractivity contribution in [1.29, 1.82) is 0 Å². The molecule has 0 aliphatic heterocycles. The summed E-state index contributed by atoms with van der Waals surface area (Å²) >= 11 is 0. The maximum atomic E-state index is 5.73. The summed E-state index contributed by atoms with van der Waals surface area (Å²) in [5.41, 5.74) is 8.05. The van der Waals surface area contributed by atoms with E-state index in [1.54, 1.807) is 0 Å². The number of fused-ring (bicyclic) bond motifs is 1. The summed E-state index contributed by atoms with van der Waals surface area (Å²) in [5.74, 6) is 1.42. The standard InChI is InChI=1S/C14H19N3O/c1-8-3-5-11(9(8)2)16-14-17-12-7-10(15)4-6-13(12)18-14/h4,6-9,11H,3,5,15H2,1-2H3,(H,16,17). The van der Waals surface area contributed by atoms with Crippen molar-refractivity contribution < 1.29 is 4.42 Å². The van der Waals surface area contributed by atoms with E-state index in [2.05, 4.69) is 24.1 Å². The second-order valence-electron chi connectivity index (χ2n) is 5.41. The summed E-state index contributed by atoms with van der Waals surface area (Å²) in [4.78, 5) is 4.44. The van der Waals surface area contributed by atoms with Crippen molar-refractivity contribution in [3.8, 4) is 0 Å². The van der Waals surface area contributed by atoms with E-state index in [9.17, 15) is 0 Å². The zero-order valence-corrected chi connectivity index (χ0v) is 10.8. The molecule has 2 aromatic rings. The van der Waals surface area contributed by atoms with Crippen molar-refractivity contribution in [2.75, 3.05) is 11.1 Å². The van der Waals surface area contributed by atoms with Crippen molar-refractivity contribution in [3.63, 3.8) is 0 Å². The molecule has 1 aromatic heterocycles. The summed E-state index contributed by atoms with van der Waals surface area (Å²) in [6.07, 6.45) is 2.45. The van der Waals surface area contributed by atoms with Crippen LogP contribution in [-0.4, -0.2) is 11.0 Å². The van der Waals surface area contributed by atoms with Crippen LogP contribution in [0.2, 0.25) is 0 Å². The highest BCUT2D eigenvalue weighted by Crippen LogP contribution is 2.33. The third-order valence-electron chi connectivity index (χ3n) is 4.19. The van der Waals surface area contributed by atoms with Crippen LogP contribution in [-0.2, 0) is 0 Å². The third-order valence-corrected chi connectivity index (χ3v) is 4.19. The Morgan fingerprint density at radius 1 is 1.33 bits per heavy atom. The molecule has 3 atom stereocenters. The minimum atomic E-state index is 0.463. The number of rotatable bonds is 2. The predicted molar refractivity (Wildman–Crippen MR) is 73.4 cm³/mol. The number of hydrogen-bond acceptors (Lipinski definition) is 4. The van der Waals surface area contributed by atoms with E-state index in [0.717, 1.165) is 17.0 Å². The molecule has 96 valence electrons. The first-order valence-corrected chi connectivity index (χ1v) is 6.56. The van der Waals surface area contributed by atoms with Crippen molar-refractivity contribution in [3.05, 3.63) is 18.2 Å². The topological polar surface area (TPSA) is 64.1 Å². The van der Waals surface area contributed by atoms with Gasteiger partial charge in [-0.2, -0.15) is 4.98 Å². The van der Waals surface area contributed by atoms with Crippen molar-refractivity contribution in [2.24, 2.45) is 11.8 Å². The van der Waals surface area contributed by atoms with Gasteiger partial charge in [-0.15, -0.1) is 0 Å². The lowest BCUT2D eigenvalue weighted by Crippen LogP contribution is -2.24. The number of benzene rings is 1. The molecule has 1 aliphatic rings. The molecule has 0 spiro atoms. The van der Waals surface area contributed by atoms with Gasteiger partial charge in [-0.05, 0) is 42.9 Å². The van der Waals surface area contributed by atoms with Crippen LogP contribution in [0.1, 0.15) is 26.7 Å². The zero-order valence-electron chi connectivity index (χ0n) is 10.8. The number of aromatic nitrogens is 1. The lowest BCUT2D eigenvalue weighted by atomic mass is 9.98. The number of oxazole rings is 1. The molecule has 1 aromatic carbocycles. The highest BCUT2D eigenvalue weighted by atomic mass is 16.4. The first-order chi connectivity index (χ1) is 8.63. The molecule has 1 saturated carbocycles. The van der Waals surface area contributed by atoms with Crippen LogP contribution in [0.3, 0.4) is 0 Å². The molecule has 1 heterocycles. The summed E-state index contributed by atoms with van der Waals surface area (Å²) < 4.78 is 5.69. The van der Waals surface area contributed by atoms with Crippen LogP contribution in [0.15, 0.2) is 22.6 Å². The van der Waals surface area contributed by atoms with Gasteiger partial charge in [-0.3, -0.25) is 0 Å². The number of hydrogen-bond donors (Lipinski definition) is 2. The highest BCUT2D eigenvalue weighted by molar-refractivity contribution is 5.78. The van der Waals surface area contributed by atoms with Crippen molar-refractivity contribution >= 4 is 22.8 Å². The molecule has 0 saturated heterocycles. The molecule has 3 unspecified atom stereocenters. The fourth-order valence-corrected chi connectivity index (χ4v) is 2.73. The second-order valence-corrected chi connectivity index (χ2v) is 5.41. The summed E-state index contributed by atoms with van der Waals surface area (Å²) in [7, 11) is 0. The first kappa shape index (κ1) is 11.4. The van der Waals surface area contributed by atoms with Gasteiger partial charge in [-0.25, -0.2) is 0 Å². The van der Waals surface area contributed by atoms with Crippen molar-refractivity contribution in [1.82, 2.24) is 4.98 Å². The first-order valence-electron chi connectivity index (χ1n) is 6.56. The Balaban J connectivity index is 1.83. The van der Waals surface area contributed by atoms with Crippen LogP contribution in [0.5, 0.6) is 0 Å². The third kappa shape index (κ3) is 1.92. The number of nitrogens with one attached hydrogen (secondary N) is 1. The van der Waals surface area contributed by atoms with Gasteiger partial charge < -0.3 is 15.5 Å². The van der Waals surface area contributed by atoms with Gasteiger partial charge in [0.2, 0.25) is 0 Å². The summed E-state index contributed by atoms with van der Waals surface area (Å²) in [5, 5.41) is 3.41. The van der Waals surface area contributed by atoms with E-state index < -0.39 is 0 Å². The Bertz CT molecular complexity index is 563. The molecule has 3 N–H and O–H groups in total. The van der Waals surface area contributed by atoms with Gasteiger partial charge in [0.15, 0.2) is 5.58 Å². The smallest absolute Gasteiger partial charge is 0.295 e. The molecule has 0 radical (unpaired) electrons. The van der Waals surface area contributed by atoms with Gasteiger partial charge in [0.25, 0.3) is 6.01 Å². The number of nitrogen functional groups attached to an aromatic ring is 1. The van der Waals surface area contributed by atoms with Crippen LogP contribution in [0, 0.1) is 11.8 Å². The molecule has 0 bridgehead atoms. The minimum Gasteiger partial charge on any atom is -0.424 e. The molecule has 18 heavy (non-hydrogen) atoms. The molecular weight excluding hydrogens is 226 g/mol. The average Bonchev–Trinajstić information content (AvgIpc) is 2.86. The SMILES string of the molecule is CC1CCC(Nc2nc3cc(N)ccc3o2)C1C. The van der Waals surface area contributed by atoms with E-state index in [1.807, 2.05) is 18.2 Å². The van der Waals surface area contributed by atoms with E-state index >= 15 is 0 Å². The molecule has 1 aliphatic carbocycles. The Hall–Kier alpha value is -1.71. The van der Waals surface area contributed by atoms with E-state index in [-0.39, 0.29) is 0 Å². The van der Waals surface area contributed by atoms with Crippen LogP contribution >= 0.6 is 0 Å². The molecule has 1 fully saturated rings. The van der Waals surface area contributed by atoms with Gasteiger partial charge in [-0.1, -0.05) is 13.8 Å². The molecule has 4 heteroatoms. The maximum absolute atomic E-state index is 5.73. The lowest BCUT2D eigenvalue weighted by molar-refractivity contribution is 0.429. The van der Waals surface area contributed by atoms with Gasteiger partial charge >= 0.3 is 0 Å². The van der Waals surface area contributed by atoms with Crippen LogP contribution < -0.4 is 11.1 Å². The largest absolute Gasteiger partial charge is 0.424 e. The van der Waals surface area contributed by atoms with Gasteiger partial charge in [0.1, 0.15) is 5.52 Å². The van der Waals surface area contributed by atoms with E-state index in [1.165, 1.54) is 12.8 Å². The Labute approximate surface area is 107 Å². The monoisotopic (exact) mass is 245 g/mol. The van der Waals surface area contributed by atoms with E-state index in [0.29, 0.717) is 23.7 Å². The normalized spacial score (nSPS) is 27.8. The predicted octanol–water partition coefficient (Wildman–Crippen LogP) is 3.26. The van der Waals surface area contributed by atoms with Crippen molar-refractivity contribution in [2.45, 2.75) is 32.7 Å². The molecule has 0 amide bonds. The van der Waals surface area contributed by atoms with Gasteiger partial charge in [0.05, 0.1) is 0 Å². The quantitative estimate of drug-likeness (QED) is 0.797. The molecule has 4 nitrogen and oxygen atoms in total. The Kier molecular flexibility index (Phi) is 2.65. The Morgan fingerprint density at radius 3 is 2.89 bits per heavy atom. The average molecular weight is 245 g/mol. The number of nitrogens with two attached hydrogens (primary N) is 1. The number of nitrogens with zero attached hydrogens (tertiary/aromatic N) is 1. The van der Waals surface area contributed by atoms with E-state index in [4.69, 9.17) is 10.2 Å². The Morgan fingerprint density at radius 2 is 2.17 bits per heavy atom. The van der Waals surface area contributed by atoms with Crippen LogP contribution in [0.25, 0.3) is 11.1 Å². The fraction of sp³-hybridized carbons (Fsp3) is 0.500. The fourth-order valence-electron chi connectivity index (χ4n) is 2.73. The summed E-state index contributed by atoms with van der Waals surface area (Å²) in [6.45, 7) is 4.59. The highest BCUT2D eigenvalue weighted by Gasteiger charge is 2.30. The lowest BCUT2D eigenvalue weighted by Gasteiger charge is -2.18. The molecule has 3 rings (SSSR count). The van der Waals surface area contributed by atoms with Crippen LogP contribution in [0.4, 0.5) is 11.7 Å². The minimum absolute atomic E-state index is 0.463. The second kappa shape index (κ2) is 4.19. The summed E-state index contributed by atoms with van der Waals surface area (Å²) in [6, 6.07) is 6.61. The maximum Gasteiger partial charge on any atom is 0.295 e. The molecular formula is C14H19N3O. The zero-order chi connectivity index (χ0) is 12.7.